The molecule has 1 aromatic carbocycles. The van der Waals surface area contributed by atoms with Crippen LogP contribution in [0.15, 0.2) is 24.3 Å². The molecule has 0 aromatic heterocycles. The van der Waals surface area contributed by atoms with Gasteiger partial charge in [0, 0.05) is 32.3 Å². The molecule has 1 aromatic rings. The van der Waals surface area contributed by atoms with Crippen LogP contribution in [0, 0.1) is 5.82 Å². The van der Waals surface area contributed by atoms with Gasteiger partial charge in [-0.05, 0) is 31.0 Å². The van der Waals surface area contributed by atoms with Gasteiger partial charge in [0.05, 0.1) is 6.61 Å². The van der Waals surface area contributed by atoms with Crippen LogP contribution in [0.25, 0.3) is 0 Å². The van der Waals surface area contributed by atoms with Crippen LogP contribution in [0.5, 0.6) is 0 Å². The van der Waals surface area contributed by atoms with Gasteiger partial charge in [0.15, 0.2) is 0 Å². The van der Waals surface area contributed by atoms with Crippen LogP contribution < -0.4 is 5.73 Å². The molecule has 0 aliphatic carbocycles. The van der Waals surface area contributed by atoms with Gasteiger partial charge in [-0.2, -0.15) is 0 Å². The third kappa shape index (κ3) is 5.27. The van der Waals surface area contributed by atoms with E-state index in [1.54, 1.807) is 19.2 Å². The molecule has 0 aliphatic rings. The van der Waals surface area contributed by atoms with Crippen LogP contribution in [0.2, 0.25) is 0 Å². The van der Waals surface area contributed by atoms with Gasteiger partial charge >= 0.3 is 0 Å². The highest BCUT2D eigenvalue weighted by molar-refractivity contribution is 5.19. The maximum absolute atomic E-state index is 12.9. The fourth-order valence-electron chi connectivity index (χ4n) is 2.03. The first-order valence-electron chi connectivity index (χ1n) is 6.82. The fourth-order valence-corrected chi connectivity index (χ4v) is 2.03. The van der Waals surface area contributed by atoms with E-state index < -0.39 is 0 Å². The van der Waals surface area contributed by atoms with Crippen LogP contribution in [0.3, 0.4) is 0 Å². The lowest BCUT2D eigenvalue weighted by Crippen LogP contribution is -2.40. The summed E-state index contributed by atoms with van der Waals surface area (Å²) in [6, 6.07) is 6.78. The highest BCUT2D eigenvalue weighted by Crippen LogP contribution is 2.15. The lowest BCUT2D eigenvalue weighted by molar-refractivity contribution is 0.118. The Morgan fingerprint density at radius 3 is 2.47 bits per heavy atom. The molecule has 108 valence electrons. The van der Waals surface area contributed by atoms with Crippen LogP contribution >= 0.6 is 0 Å². The summed E-state index contributed by atoms with van der Waals surface area (Å²) in [6.45, 7) is 6.66. The van der Waals surface area contributed by atoms with Crippen LogP contribution in [0.4, 0.5) is 4.39 Å². The summed E-state index contributed by atoms with van der Waals surface area (Å²) < 4.78 is 18.0. The maximum Gasteiger partial charge on any atom is 0.123 e. The van der Waals surface area contributed by atoms with E-state index in [2.05, 4.69) is 18.7 Å². The molecular formula is C15H25FN2O. The Kier molecular flexibility index (Phi) is 6.99. The molecular weight excluding hydrogens is 243 g/mol. The molecule has 0 heterocycles. The molecule has 0 saturated heterocycles. The van der Waals surface area contributed by atoms with Crippen molar-refractivity contribution in [1.82, 2.24) is 4.90 Å². The first-order chi connectivity index (χ1) is 9.08. The van der Waals surface area contributed by atoms with Crippen LogP contribution in [-0.2, 0) is 4.74 Å². The second-order valence-corrected chi connectivity index (χ2v) is 4.90. The monoisotopic (exact) mass is 268 g/mol. The van der Waals surface area contributed by atoms with E-state index >= 15 is 0 Å². The van der Waals surface area contributed by atoms with E-state index in [0.717, 1.165) is 25.1 Å². The Morgan fingerprint density at radius 2 is 1.95 bits per heavy atom. The predicted molar refractivity (Wildman–Crippen MR) is 76.5 cm³/mol. The topological polar surface area (TPSA) is 38.5 Å². The minimum atomic E-state index is -0.228. The van der Waals surface area contributed by atoms with Crippen molar-refractivity contribution >= 4 is 0 Å². The number of ether oxygens (including phenoxy) is 1. The molecule has 3 nitrogen and oxygen atoms in total. The summed E-state index contributed by atoms with van der Waals surface area (Å²) in [4.78, 5) is 2.32. The molecule has 2 atom stereocenters. The summed E-state index contributed by atoms with van der Waals surface area (Å²) in [6.07, 6.45) is 1.07. The summed E-state index contributed by atoms with van der Waals surface area (Å²) in [5.74, 6) is -0.228. The third-order valence-corrected chi connectivity index (χ3v) is 3.53. The summed E-state index contributed by atoms with van der Waals surface area (Å²) in [5, 5.41) is 0. The van der Waals surface area contributed by atoms with Crippen LogP contribution in [-0.4, -0.2) is 37.7 Å². The first kappa shape index (κ1) is 16.1. The van der Waals surface area contributed by atoms with Crippen molar-refractivity contribution in [2.75, 3.05) is 26.8 Å². The Morgan fingerprint density at radius 1 is 1.32 bits per heavy atom. The normalized spacial score (nSPS) is 14.6. The van der Waals surface area contributed by atoms with Crippen molar-refractivity contribution < 1.29 is 9.13 Å². The molecule has 0 amide bonds. The first-order valence-corrected chi connectivity index (χ1v) is 6.82. The molecule has 0 bridgehead atoms. The molecule has 0 spiro atoms. The SMILES string of the molecule is CCC(C)N(CCOC)CC(N)c1ccc(F)cc1. The predicted octanol–water partition coefficient (Wildman–Crippen LogP) is 2.57. The van der Waals surface area contributed by atoms with Gasteiger partial charge in [-0.1, -0.05) is 19.1 Å². The van der Waals surface area contributed by atoms with E-state index in [0.29, 0.717) is 12.6 Å². The number of nitrogens with two attached hydrogens (primary N) is 1. The lowest BCUT2D eigenvalue weighted by Gasteiger charge is -2.30. The molecule has 2 N–H and O–H groups in total. The molecule has 1 rings (SSSR count). The Labute approximate surface area is 115 Å². The van der Waals surface area contributed by atoms with Gasteiger partial charge in [0.25, 0.3) is 0 Å². The van der Waals surface area contributed by atoms with E-state index in [1.807, 2.05) is 0 Å². The summed E-state index contributed by atoms with van der Waals surface area (Å²) in [7, 11) is 1.70. The second kappa shape index (κ2) is 8.25. The average Bonchev–Trinajstić information content (AvgIpc) is 2.43. The number of hydrogen-bond acceptors (Lipinski definition) is 3. The standard InChI is InChI=1S/C15H25FN2O/c1-4-12(2)18(9-10-19-3)11-15(17)13-5-7-14(16)8-6-13/h5-8,12,15H,4,9-11,17H2,1-3H3. The minimum Gasteiger partial charge on any atom is -0.383 e. The fraction of sp³-hybridized carbons (Fsp3) is 0.600. The van der Waals surface area contributed by atoms with Gasteiger partial charge in [0.1, 0.15) is 5.82 Å². The van der Waals surface area contributed by atoms with Crippen molar-refractivity contribution in [1.29, 1.82) is 0 Å². The molecule has 0 aliphatic heterocycles. The largest absolute Gasteiger partial charge is 0.383 e. The van der Waals surface area contributed by atoms with Gasteiger partial charge < -0.3 is 10.5 Å². The van der Waals surface area contributed by atoms with Crippen molar-refractivity contribution in [2.24, 2.45) is 5.73 Å². The molecule has 0 saturated carbocycles. The van der Waals surface area contributed by atoms with Crippen LogP contribution in [0.1, 0.15) is 31.9 Å². The third-order valence-electron chi connectivity index (χ3n) is 3.53. The number of methoxy groups -OCH3 is 1. The number of nitrogens with zero attached hydrogens (tertiary/aromatic N) is 1. The lowest BCUT2D eigenvalue weighted by atomic mass is 10.1. The van der Waals surface area contributed by atoms with Gasteiger partial charge in [-0.15, -0.1) is 0 Å². The van der Waals surface area contributed by atoms with E-state index in [4.69, 9.17) is 10.5 Å². The Balaban J connectivity index is 2.63. The number of rotatable bonds is 8. The number of halogens is 1. The number of hydrogen-bond donors (Lipinski definition) is 1. The van der Waals surface area contributed by atoms with Gasteiger partial charge in [0.2, 0.25) is 0 Å². The highest BCUT2D eigenvalue weighted by atomic mass is 19.1. The van der Waals surface area contributed by atoms with Crippen molar-refractivity contribution in [3.05, 3.63) is 35.6 Å². The molecule has 0 fully saturated rings. The zero-order valence-electron chi connectivity index (χ0n) is 12.1. The van der Waals surface area contributed by atoms with E-state index in [1.165, 1.54) is 12.1 Å². The highest BCUT2D eigenvalue weighted by Gasteiger charge is 2.16. The summed E-state index contributed by atoms with van der Waals surface area (Å²) >= 11 is 0. The minimum absolute atomic E-state index is 0.105. The van der Waals surface area contributed by atoms with Gasteiger partial charge in [-0.25, -0.2) is 4.39 Å². The van der Waals surface area contributed by atoms with E-state index in [9.17, 15) is 4.39 Å². The zero-order valence-corrected chi connectivity index (χ0v) is 12.1. The van der Waals surface area contributed by atoms with Crippen molar-refractivity contribution in [3.8, 4) is 0 Å². The van der Waals surface area contributed by atoms with Crippen molar-refractivity contribution in [3.63, 3.8) is 0 Å². The molecule has 19 heavy (non-hydrogen) atoms. The smallest absolute Gasteiger partial charge is 0.123 e. The van der Waals surface area contributed by atoms with Crippen molar-refractivity contribution in [2.45, 2.75) is 32.4 Å². The molecule has 4 heteroatoms. The number of benzene rings is 1. The zero-order chi connectivity index (χ0) is 14.3. The molecule has 2 unspecified atom stereocenters. The Bertz CT molecular complexity index is 356. The second-order valence-electron chi connectivity index (χ2n) is 4.90. The van der Waals surface area contributed by atoms with E-state index in [-0.39, 0.29) is 11.9 Å². The Hall–Kier alpha value is -0.970. The van der Waals surface area contributed by atoms with Gasteiger partial charge in [-0.3, -0.25) is 4.90 Å². The summed E-state index contributed by atoms with van der Waals surface area (Å²) in [5.41, 5.74) is 7.17. The maximum atomic E-state index is 12.9. The average molecular weight is 268 g/mol. The molecule has 0 radical (unpaired) electrons. The quantitative estimate of drug-likeness (QED) is 0.787.